The minimum Gasteiger partial charge on any atom is -0.338 e. The van der Waals surface area contributed by atoms with Crippen molar-refractivity contribution in [2.24, 2.45) is 0 Å². The van der Waals surface area contributed by atoms with Gasteiger partial charge in [-0.25, -0.2) is 0 Å². The second-order valence-corrected chi connectivity index (χ2v) is 7.29. The highest BCUT2D eigenvalue weighted by molar-refractivity contribution is 5.94. The second kappa shape index (κ2) is 8.85. The lowest BCUT2D eigenvalue weighted by atomic mass is 10.1. The number of nitrogens with zero attached hydrogens (tertiary/aromatic N) is 2. The Kier molecular flexibility index (Phi) is 6.28. The van der Waals surface area contributed by atoms with Gasteiger partial charge in [0.15, 0.2) is 0 Å². The number of hydrogen-bond donors (Lipinski definition) is 0. The smallest absolute Gasteiger partial charge is 0.254 e. The summed E-state index contributed by atoms with van der Waals surface area (Å²) in [7, 11) is 0. The molecule has 0 bridgehead atoms. The molecule has 1 atom stereocenters. The van der Waals surface area contributed by atoms with Gasteiger partial charge in [0.05, 0.1) is 0 Å². The van der Waals surface area contributed by atoms with Crippen LogP contribution in [0.3, 0.4) is 0 Å². The Bertz CT molecular complexity index is 771. The van der Waals surface area contributed by atoms with Crippen LogP contribution < -0.4 is 0 Å². The SMILES string of the molecule is CCC(C)N(Cc1ccccc1)C(=O)c1ccc(CN2CCCC2=O)cc1. The maximum absolute atomic E-state index is 13.1. The lowest BCUT2D eigenvalue weighted by molar-refractivity contribution is -0.128. The molecule has 0 aliphatic carbocycles. The average molecular weight is 364 g/mol. The zero-order chi connectivity index (χ0) is 19.2. The average Bonchev–Trinajstić information content (AvgIpc) is 3.11. The summed E-state index contributed by atoms with van der Waals surface area (Å²) in [4.78, 5) is 28.7. The van der Waals surface area contributed by atoms with Gasteiger partial charge in [0.25, 0.3) is 5.91 Å². The predicted octanol–water partition coefficient (Wildman–Crippen LogP) is 4.25. The van der Waals surface area contributed by atoms with Gasteiger partial charge in [-0.05, 0) is 43.0 Å². The number of hydrogen-bond acceptors (Lipinski definition) is 2. The van der Waals surface area contributed by atoms with Crippen molar-refractivity contribution < 1.29 is 9.59 Å². The molecule has 1 unspecified atom stereocenters. The van der Waals surface area contributed by atoms with Crippen molar-refractivity contribution in [3.8, 4) is 0 Å². The van der Waals surface area contributed by atoms with Crippen molar-refractivity contribution in [1.82, 2.24) is 9.80 Å². The van der Waals surface area contributed by atoms with E-state index in [4.69, 9.17) is 0 Å². The van der Waals surface area contributed by atoms with Gasteiger partial charge in [0, 0.05) is 37.7 Å². The molecule has 1 saturated heterocycles. The highest BCUT2D eigenvalue weighted by Crippen LogP contribution is 2.18. The van der Waals surface area contributed by atoms with Gasteiger partial charge in [0.2, 0.25) is 5.91 Å². The Hall–Kier alpha value is -2.62. The van der Waals surface area contributed by atoms with E-state index in [1.807, 2.05) is 52.3 Å². The summed E-state index contributed by atoms with van der Waals surface area (Å²) < 4.78 is 0. The third-order valence-corrected chi connectivity index (χ3v) is 5.33. The summed E-state index contributed by atoms with van der Waals surface area (Å²) >= 11 is 0. The van der Waals surface area contributed by atoms with E-state index in [1.54, 1.807) is 0 Å². The number of benzene rings is 2. The first-order chi connectivity index (χ1) is 13.1. The number of rotatable bonds is 7. The molecule has 2 amide bonds. The summed E-state index contributed by atoms with van der Waals surface area (Å²) in [6, 6.07) is 18.0. The van der Waals surface area contributed by atoms with Gasteiger partial charge in [-0.15, -0.1) is 0 Å². The van der Waals surface area contributed by atoms with Crippen molar-refractivity contribution >= 4 is 11.8 Å². The van der Waals surface area contributed by atoms with Crippen LogP contribution in [0.4, 0.5) is 0 Å². The number of carbonyl (C=O) groups excluding carboxylic acids is 2. The normalized spacial score (nSPS) is 15.0. The Morgan fingerprint density at radius 3 is 2.37 bits per heavy atom. The number of likely N-dealkylation sites (tertiary alicyclic amines) is 1. The van der Waals surface area contributed by atoms with Crippen molar-refractivity contribution in [2.75, 3.05) is 6.54 Å². The first-order valence-corrected chi connectivity index (χ1v) is 9.80. The molecule has 0 N–H and O–H groups in total. The van der Waals surface area contributed by atoms with Gasteiger partial charge < -0.3 is 9.80 Å². The first kappa shape index (κ1) is 19.2. The minimum atomic E-state index is 0.0528. The van der Waals surface area contributed by atoms with Crippen LogP contribution in [0.1, 0.15) is 54.6 Å². The molecule has 3 rings (SSSR count). The van der Waals surface area contributed by atoms with Gasteiger partial charge in [0.1, 0.15) is 0 Å². The van der Waals surface area contributed by atoms with Crippen LogP contribution in [0.15, 0.2) is 54.6 Å². The predicted molar refractivity (Wildman–Crippen MR) is 107 cm³/mol. The maximum Gasteiger partial charge on any atom is 0.254 e. The summed E-state index contributed by atoms with van der Waals surface area (Å²) in [6.45, 7) is 6.27. The molecule has 27 heavy (non-hydrogen) atoms. The van der Waals surface area contributed by atoms with E-state index < -0.39 is 0 Å². The Morgan fingerprint density at radius 1 is 1.07 bits per heavy atom. The van der Waals surface area contributed by atoms with Crippen molar-refractivity contribution in [2.45, 2.75) is 52.2 Å². The molecule has 142 valence electrons. The molecule has 0 saturated carbocycles. The van der Waals surface area contributed by atoms with Crippen LogP contribution >= 0.6 is 0 Å². The van der Waals surface area contributed by atoms with Crippen LogP contribution in [-0.2, 0) is 17.9 Å². The summed E-state index contributed by atoms with van der Waals surface area (Å²) in [5, 5.41) is 0. The summed E-state index contributed by atoms with van der Waals surface area (Å²) in [6.07, 6.45) is 2.51. The fraction of sp³-hybridized carbons (Fsp3) is 0.391. The molecule has 4 heteroatoms. The maximum atomic E-state index is 13.1. The van der Waals surface area contributed by atoms with E-state index >= 15 is 0 Å². The van der Waals surface area contributed by atoms with Gasteiger partial charge >= 0.3 is 0 Å². The van der Waals surface area contributed by atoms with Gasteiger partial charge in [-0.2, -0.15) is 0 Å². The highest BCUT2D eigenvalue weighted by atomic mass is 16.2. The fourth-order valence-corrected chi connectivity index (χ4v) is 3.44. The minimum absolute atomic E-state index is 0.0528. The summed E-state index contributed by atoms with van der Waals surface area (Å²) in [5.74, 6) is 0.276. The van der Waals surface area contributed by atoms with Crippen LogP contribution in [0, 0.1) is 0 Å². The van der Waals surface area contributed by atoms with Crippen LogP contribution in [0.5, 0.6) is 0 Å². The molecule has 2 aromatic carbocycles. The number of carbonyl (C=O) groups is 2. The fourth-order valence-electron chi connectivity index (χ4n) is 3.44. The molecule has 0 spiro atoms. The molecule has 1 aliphatic heterocycles. The van der Waals surface area contributed by atoms with E-state index in [0.717, 1.165) is 30.5 Å². The lowest BCUT2D eigenvalue weighted by Crippen LogP contribution is -2.37. The van der Waals surface area contributed by atoms with Crippen LogP contribution in [0.2, 0.25) is 0 Å². The summed E-state index contributed by atoms with van der Waals surface area (Å²) in [5.41, 5.74) is 2.90. The zero-order valence-electron chi connectivity index (χ0n) is 16.2. The van der Waals surface area contributed by atoms with E-state index in [2.05, 4.69) is 26.0 Å². The van der Waals surface area contributed by atoms with E-state index in [9.17, 15) is 9.59 Å². The molecule has 4 nitrogen and oxygen atoms in total. The molecular formula is C23H28N2O2. The van der Waals surface area contributed by atoms with Crippen molar-refractivity contribution in [3.05, 3.63) is 71.3 Å². The van der Waals surface area contributed by atoms with E-state index in [0.29, 0.717) is 25.1 Å². The van der Waals surface area contributed by atoms with Gasteiger partial charge in [-0.3, -0.25) is 9.59 Å². The zero-order valence-corrected chi connectivity index (χ0v) is 16.2. The van der Waals surface area contributed by atoms with Crippen molar-refractivity contribution in [3.63, 3.8) is 0 Å². The standard InChI is InChI=1S/C23H28N2O2/c1-3-18(2)25(17-19-8-5-4-6-9-19)23(27)21-13-11-20(12-14-21)16-24-15-7-10-22(24)26/h4-6,8-9,11-14,18H,3,7,10,15-17H2,1-2H3. The van der Waals surface area contributed by atoms with Crippen LogP contribution in [-0.4, -0.2) is 34.2 Å². The molecule has 1 aliphatic rings. The number of amides is 2. The Balaban J connectivity index is 1.72. The van der Waals surface area contributed by atoms with E-state index in [-0.39, 0.29) is 17.9 Å². The molecule has 2 aromatic rings. The third kappa shape index (κ3) is 4.76. The lowest BCUT2D eigenvalue weighted by Gasteiger charge is -2.29. The van der Waals surface area contributed by atoms with Gasteiger partial charge in [-0.1, -0.05) is 49.4 Å². The Morgan fingerprint density at radius 2 is 1.78 bits per heavy atom. The molecule has 1 fully saturated rings. The molecule has 0 radical (unpaired) electrons. The molecule has 0 aromatic heterocycles. The quantitative estimate of drug-likeness (QED) is 0.737. The third-order valence-electron chi connectivity index (χ3n) is 5.33. The Labute approximate surface area is 161 Å². The molecular weight excluding hydrogens is 336 g/mol. The first-order valence-electron chi connectivity index (χ1n) is 9.80. The van der Waals surface area contributed by atoms with Crippen molar-refractivity contribution in [1.29, 1.82) is 0 Å². The van der Waals surface area contributed by atoms with E-state index in [1.165, 1.54) is 0 Å². The van der Waals surface area contributed by atoms with Crippen LogP contribution in [0.25, 0.3) is 0 Å². The monoisotopic (exact) mass is 364 g/mol. The topological polar surface area (TPSA) is 40.6 Å². The largest absolute Gasteiger partial charge is 0.338 e. The highest BCUT2D eigenvalue weighted by Gasteiger charge is 2.22. The second-order valence-electron chi connectivity index (χ2n) is 7.29. The molecule has 1 heterocycles.